The third-order valence-corrected chi connectivity index (χ3v) is 16.4. The van der Waals surface area contributed by atoms with Crippen LogP contribution >= 0.6 is 0 Å². The minimum atomic E-state index is 0.455. The molecule has 16 rings (SSSR count). The van der Waals surface area contributed by atoms with Gasteiger partial charge in [0.05, 0.1) is 61.3 Å². The van der Waals surface area contributed by atoms with Gasteiger partial charge in [0.2, 0.25) is 0 Å². The number of nitrogens with zero attached hydrogens (tertiary/aromatic N) is 5. The third-order valence-electron chi connectivity index (χ3n) is 16.4. The molecule has 0 atom stereocenters. The molecule has 0 radical (unpaired) electrons. The van der Waals surface area contributed by atoms with Crippen LogP contribution < -0.4 is 0 Å². The van der Waals surface area contributed by atoms with E-state index in [4.69, 9.17) is 14.4 Å². The number of nitriles is 1. The molecule has 0 amide bonds. The molecular formula is C77H47N5O. The predicted octanol–water partition coefficient (Wildman–Crippen LogP) is 20.1. The van der Waals surface area contributed by atoms with Crippen molar-refractivity contribution >= 4 is 65.6 Å². The molecule has 83 heavy (non-hydrogen) atoms. The summed E-state index contributed by atoms with van der Waals surface area (Å²) in [5, 5.41) is 17.9. The number of benzene rings is 12. The van der Waals surface area contributed by atoms with Crippen molar-refractivity contribution in [1.29, 1.82) is 5.26 Å². The fraction of sp³-hybridized carbons (Fsp3) is 0. The van der Waals surface area contributed by atoms with E-state index >= 15 is 0 Å². The molecule has 0 saturated carbocycles. The van der Waals surface area contributed by atoms with Gasteiger partial charge in [0.1, 0.15) is 17.2 Å². The minimum absolute atomic E-state index is 0.455. The van der Waals surface area contributed by atoms with E-state index in [0.29, 0.717) is 22.6 Å². The Labute approximate surface area is 478 Å². The first-order chi connectivity index (χ1) is 41.1. The van der Waals surface area contributed by atoms with E-state index in [1.54, 1.807) is 0 Å². The highest BCUT2D eigenvalue weighted by Crippen LogP contribution is 2.48. The lowest BCUT2D eigenvalue weighted by atomic mass is 10.0. The first kappa shape index (κ1) is 47.6. The van der Waals surface area contributed by atoms with E-state index in [1.807, 2.05) is 48.5 Å². The summed E-state index contributed by atoms with van der Waals surface area (Å²) in [6.45, 7) is 0. The van der Waals surface area contributed by atoms with Gasteiger partial charge in [-0.2, -0.15) is 5.26 Å². The molecular weight excluding hydrogens is 1010 g/mol. The molecule has 6 heteroatoms. The van der Waals surface area contributed by atoms with Crippen LogP contribution in [0.1, 0.15) is 5.56 Å². The van der Waals surface area contributed by atoms with E-state index in [-0.39, 0.29) is 0 Å². The molecule has 0 bridgehead atoms. The Morgan fingerprint density at radius 2 is 0.675 bits per heavy atom. The Morgan fingerprint density at radius 1 is 0.313 bits per heavy atom. The van der Waals surface area contributed by atoms with Crippen molar-refractivity contribution in [3.8, 4) is 95.9 Å². The van der Waals surface area contributed by atoms with Crippen LogP contribution in [0.5, 0.6) is 0 Å². The zero-order chi connectivity index (χ0) is 55.0. The van der Waals surface area contributed by atoms with Crippen LogP contribution in [0.3, 0.4) is 0 Å². The molecule has 12 aromatic carbocycles. The topological polar surface area (TPSA) is 72.6 Å². The van der Waals surface area contributed by atoms with Gasteiger partial charge < -0.3 is 13.6 Å². The molecule has 6 nitrogen and oxygen atoms in total. The molecule has 0 fully saturated rings. The van der Waals surface area contributed by atoms with Crippen LogP contribution in [0, 0.1) is 11.3 Å². The summed E-state index contributed by atoms with van der Waals surface area (Å²) in [5.74, 6) is 0.529. The third kappa shape index (κ3) is 7.94. The minimum Gasteiger partial charge on any atom is -0.455 e. The number of fused-ring (bicyclic) bond motifs is 9. The maximum atomic E-state index is 11.9. The lowest BCUT2D eigenvalue weighted by Gasteiger charge is -2.20. The number of para-hydroxylation sites is 1. The monoisotopic (exact) mass is 1060 g/mol. The van der Waals surface area contributed by atoms with Gasteiger partial charge in [-0.3, -0.25) is 0 Å². The van der Waals surface area contributed by atoms with Crippen molar-refractivity contribution in [2.24, 2.45) is 0 Å². The second kappa shape index (κ2) is 19.5. The molecule has 0 aliphatic rings. The van der Waals surface area contributed by atoms with E-state index in [1.165, 1.54) is 0 Å². The number of hydrogen-bond acceptors (Lipinski definition) is 4. The quantitative estimate of drug-likeness (QED) is 0.144. The van der Waals surface area contributed by atoms with Crippen LogP contribution in [0.15, 0.2) is 290 Å². The van der Waals surface area contributed by atoms with Gasteiger partial charge in [0, 0.05) is 44.1 Å². The highest BCUT2D eigenvalue weighted by Gasteiger charge is 2.29. The highest BCUT2D eigenvalue weighted by atomic mass is 16.3. The maximum absolute atomic E-state index is 11.9. The average Bonchev–Trinajstić information content (AvgIpc) is 1.81. The van der Waals surface area contributed by atoms with Crippen LogP contribution in [-0.4, -0.2) is 19.1 Å². The number of rotatable bonds is 9. The van der Waals surface area contributed by atoms with Crippen molar-refractivity contribution in [3.05, 3.63) is 291 Å². The van der Waals surface area contributed by atoms with Crippen LogP contribution in [0.2, 0.25) is 0 Å². The molecule has 0 aliphatic heterocycles. The normalized spacial score (nSPS) is 11.6. The SMILES string of the molecule is N#Cc1cc2oc3c(-c4nc(-c5ccccc5)cc(-c5ccccc5)n4)cccc3c2c(-n2c3ccc(-c4ccccc4)cc3c3cc(-c4ccccc4)ccc32)c1-n1c2ccc(-c3ccccc3)cc2c2cc(-c3ccccc3)ccc21. The molecule has 0 saturated heterocycles. The van der Waals surface area contributed by atoms with Crippen LogP contribution in [0.4, 0.5) is 0 Å². The molecule has 0 unspecified atom stereocenters. The summed E-state index contributed by atoms with van der Waals surface area (Å²) < 4.78 is 12.0. The summed E-state index contributed by atoms with van der Waals surface area (Å²) in [5.41, 5.74) is 20.3. The van der Waals surface area contributed by atoms with Crippen molar-refractivity contribution in [2.75, 3.05) is 0 Å². The lowest BCUT2D eigenvalue weighted by molar-refractivity contribution is 0.669. The Kier molecular flexibility index (Phi) is 11.2. The molecule has 16 aromatic rings. The lowest BCUT2D eigenvalue weighted by Crippen LogP contribution is -2.07. The smallest absolute Gasteiger partial charge is 0.164 e. The average molecular weight is 1060 g/mol. The summed E-state index contributed by atoms with van der Waals surface area (Å²) in [4.78, 5) is 10.7. The van der Waals surface area contributed by atoms with Crippen molar-refractivity contribution in [2.45, 2.75) is 0 Å². The van der Waals surface area contributed by atoms with E-state index in [0.717, 1.165) is 138 Å². The second-order valence-corrected chi connectivity index (χ2v) is 21.1. The molecule has 386 valence electrons. The summed E-state index contributed by atoms with van der Waals surface area (Å²) >= 11 is 0. The standard InChI is InChI=1S/C77H47N5O/c78-48-59-46-72-73(60-32-19-33-61(76(60)83-72)77-79-66(53-28-15-5-16-29-53)47-67(80-77)54-30-17-6-18-31-54)75(82-70-40-36-57(51-24-11-3-12-25-51)44-64(70)65-45-58(37-41-71(65)82)52-26-13-4-14-27-52)74(59)81-68-38-34-55(49-20-7-1-8-21-49)42-62(68)63-43-56(35-39-69(63)81)50-22-9-2-10-23-50/h1-47H. The number of hydrogen-bond donors (Lipinski definition) is 0. The molecule has 4 aromatic heterocycles. The summed E-state index contributed by atoms with van der Waals surface area (Å²) in [6, 6.07) is 103. The first-order valence-electron chi connectivity index (χ1n) is 27.9. The van der Waals surface area contributed by atoms with Gasteiger partial charge in [-0.15, -0.1) is 0 Å². The Morgan fingerprint density at radius 3 is 1.05 bits per heavy atom. The number of aromatic nitrogens is 4. The first-order valence-corrected chi connectivity index (χ1v) is 27.9. The number of furan rings is 1. The Hall–Kier alpha value is -11.4. The zero-order valence-corrected chi connectivity index (χ0v) is 44.8. The van der Waals surface area contributed by atoms with Gasteiger partial charge in [-0.05, 0) is 105 Å². The fourth-order valence-corrected chi connectivity index (χ4v) is 12.5. The molecule has 0 aliphatic carbocycles. The van der Waals surface area contributed by atoms with Gasteiger partial charge in [0.25, 0.3) is 0 Å². The van der Waals surface area contributed by atoms with Crippen molar-refractivity contribution in [1.82, 2.24) is 19.1 Å². The molecule has 4 heterocycles. The highest BCUT2D eigenvalue weighted by molar-refractivity contribution is 6.20. The van der Waals surface area contributed by atoms with Crippen LogP contribution in [0.25, 0.3) is 155 Å². The fourth-order valence-electron chi connectivity index (χ4n) is 12.5. The van der Waals surface area contributed by atoms with Crippen molar-refractivity contribution in [3.63, 3.8) is 0 Å². The maximum Gasteiger partial charge on any atom is 0.164 e. The van der Waals surface area contributed by atoms with E-state index in [2.05, 4.69) is 252 Å². The van der Waals surface area contributed by atoms with Crippen LogP contribution in [-0.2, 0) is 0 Å². The largest absolute Gasteiger partial charge is 0.455 e. The zero-order valence-electron chi connectivity index (χ0n) is 44.8. The second-order valence-electron chi connectivity index (χ2n) is 21.1. The van der Waals surface area contributed by atoms with Gasteiger partial charge >= 0.3 is 0 Å². The summed E-state index contributed by atoms with van der Waals surface area (Å²) in [7, 11) is 0. The van der Waals surface area contributed by atoms with Gasteiger partial charge in [0.15, 0.2) is 5.82 Å². The van der Waals surface area contributed by atoms with E-state index in [9.17, 15) is 5.26 Å². The molecule has 0 spiro atoms. The van der Waals surface area contributed by atoms with Gasteiger partial charge in [-0.1, -0.05) is 218 Å². The Bertz CT molecular complexity index is 4980. The van der Waals surface area contributed by atoms with Gasteiger partial charge in [-0.25, -0.2) is 9.97 Å². The predicted molar refractivity (Wildman–Crippen MR) is 341 cm³/mol. The Balaban J connectivity index is 1.06. The van der Waals surface area contributed by atoms with E-state index < -0.39 is 0 Å². The van der Waals surface area contributed by atoms with Crippen molar-refractivity contribution < 1.29 is 4.42 Å². The molecule has 0 N–H and O–H groups in total. The summed E-state index contributed by atoms with van der Waals surface area (Å²) in [6.07, 6.45) is 0.